The molecule has 0 fully saturated rings. The first-order valence-corrected chi connectivity index (χ1v) is 7.70. The molecule has 22 heavy (non-hydrogen) atoms. The van der Waals surface area contributed by atoms with Crippen LogP contribution >= 0.6 is 12.2 Å². The van der Waals surface area contributed by atoms with Crippen LogP contribution in [0.25, 0.3) is 0 Å². The van der Waals surface area contributed by atoms with Gasteiger partial charge in [-0.1, -0.05) is 30.3 Å². The molecule has 0 bridgehead atoms. The van der Waals surface area contributed by atoms with Crippen molar-refractivity contribution in [3.8, 4) is 11.5 Å². The summed E-state index contributed by atoms with van der Waals surface area (Å²) in [4.78, 5) is 0. The Hall–Kier alpha value is -2.27. The van der Waals surface area contributed by atoms with Gasteiger partial charge in [0.25, 0.3) is 0 Å². The Morgan fingerprint density at radius 2 is 1.77 bits per heavy atom. The summed E-state index contributed by atoms with van der Waals surface area (Å²) in [7, 11) is 0. The van der Waals surface area contributed by atoms with E-state index in [1.54, 1.807) is 0 Å². The Bertz CT molecular complexity index is 646. The van der Waals surface area contributed by atoms with E-state index < -0.39 is 0 Å². The van der Waals surface area contributed by atoms with Crippen molar-refractivity contribution in [1.29, 1.82) is 0 Å². The van der Waals surface area contributed by atoms with Crippen molar-refractivity contribution in [1.82, 2.24) is 5.32 Å². The maximum Gasteiger partial charge on any atom is 0.170 e. The van der Waals surface area contributed by atoms with Gasteiger partial charge in [0.2, 0.25) is 0 Å². The van der Waals surface area contributed by atoms with E-state index >= 15 is 0 Å². The van der Waals surface area contributed by atoms with E-state index in [1.807, 2.05) is 36.4 Å². The third-order valence-corrected chi connectivity index (χ3v) is 3.59. The molecule has 0 spiro atoms. The molecule has 0 unspecified atom stereocenters. The molecule has 2 aromatic rings. The van der Waals surface area contributed by atoms with Gasteiger partial charge >= 0.3 is 0 Å². The number of hydrogen-bond donors (Lipinski definition) is 2. The van der Waals surface area contributed by atoms with Crippen LogP contribution in [0, 0.1) is 0 Å². The fraction of sp³-hybridized carbons (Fsp3) is 0.235. The quantitative estimate of drug-likeness (QED) is 0.849. The molecule has 5 heteroatoms. The van der Waals surface area contributed by atoms with Crippen LogP contribution in [0.2, 0.25) is 0 Å². The van der Waals surface area contributed by atoms with Gasteiger partial charge in [0, 0.05) is 18.3 Å². The summed E-state index contributed by atoms with van der Waals surface area (Å²) in [5, 5.41) is 6.98. The minimum absolute atomic E-state index is 0.580. The van der Waals surface area contributed by atoms with Crippen molar-refractivity contribution in [3.05, 3.63) is 54.1 Å². The second-order valence-corrected chi connectivity index (χ2v) is 5.38. The van der Waals surface area contributed by atoms with E-state index in [0.29, 0.717) is 18.3 Å². The van der Waals surface area contributed by atoms with Crippen LogP contribution in [0.4, 0.5) is 5.69 Å². The lowest BCUT2D eigenvalue weighted by Gasteiger charge is -2.19. The van der Waals surface area contributed by atoms with Crippen LogP contribution in [-0.2, 0) is 6.42 Å². The average molecular weight is 314 g/mol. The minimum atomic E-state index is 0.580. The number of nitrogens with one attached hydrogen (secondary N) is 2. The van der Waals surface area contributed by atoms with Gasteiger partial charge in [0.15, 0.2) is 16.6 Å². The van der Waals surface area contributed by atoms with E-state index in [0.717, 1.165) is 30.2 Å². The molecule has 0 amide bonds. The molecular weight excluding hydrogens is 296 g/mol. The lowest BCUT2D eigenvalue weighted by molar-refractivity contribution is 0.171. The molecule has 1 aliphatic rings. The fourth-order valence-electron chi connectivity index (χ4n) is 2.26. The van der Waals surface area contributed by atoms with Gasteiger partial charge in [-0.2, -0.15) is 0 Å². The lowest BCUT2D eigenvalue weighted by atomic mass is 10.1. The Labute approximate surface area is 135 Å². The van der Waals surface area contributed by atoms with E-state index in [1.165, 1.54) is 5.56 Å². The highest BCUT2D eigenvalue weighted by Crippen LogP contribution is 2.32. The van der Waals surface area contributed by atoms with Crippen molar-refractivity contribution in [3.63, 3.8) is 0 Å². The Kier molecular flexibility index (Phi) is 4.75. The topological polar surface area (TPSA) is 42.5 Å². The van der Waals surface area contributed by atoms with Gasteiger partial charge in [-0.3, -0.25) is 0 Å². The Balaban J connectivity index is 1.49. The Morgan fingerprint density at radius 3 is 2.59 bits per heavy atom. The normalized spacial score (nSPS) is 12.5. The third-order valence-electron chi connectivity index (χ3n) is 3.34. The minimum Gasteiger partial charge on any atom is -0.486 e. The molecule has 0 radical (unpaired) electrons. The first-order valence-electron chi connectivity index (χ1n) is 7.30. The molecule has 4 nitrogen and oxygen atoms in total. The highest BCUT2D eigenvalue weighted by molar-refractivity contribution is 7.80. The van der Waals surface area contributed by atoms with Crippen LogP contribution in [0.1, 0.15) is 5.56 Å². The molecule has 1 heterocycles. The van der Waals surface area contributed by atoms with E-state index in [4.69, 9.17) is 21.7 Å². The molecule has 2 N–H and O–H groups in total. The van der Waals surface area contributed by atoms with E-state index in [-0.39, 0.29) is 0 Å². The van der Waals surface area contributed by atoms with Crippen molar-refractivity contribution in [2.75, 3.05) is 25.1 Å². The first kappa shape index (κ1) is 14.7. The first-order chi connectivity index (χ1) is 10.8. The summed E-state index contributed by atoms with van der Waals surface area (Å²) in [6.45, 7) is 1.97. The zero-order valence-electron chi connectivity index (χ0n) is 12.2. The standard InChI is InChI=1S/C17H18N2O2S/c22-17(18-9-8-13-4-2-1-3-5-13)19-14-6-7-15-16(12-14)21-11-10-20-15/h1-7,12H,8-11H2,(H2,18,19,22). The van der Waals surface area contributed by atoms with Gasteiger partial charge < -0.3 is 20.1 Å². The van der Waals surface area contributed by atoms with Crippen molar-refractivity contribution in [2.45, 2.75) is 6.42 Å². The summed E-state index contributed by atoms with van der Waals surface area (Å²) in [6, 6.07) is 16.0. The van der Waals surface area contributed by atoms with Crippen LogP contribution in [0.5, 0.6) is 11.5 Å². The second-order valence-electron chi connectivity index (χ2n) is 4.97. The summed E-state index contributed by atoms with van der Waals surface area (Å²) in [5.41, 5.74) is 2.18. The molecule has 2 aromatic carbocycles. The summed E-state index contributed by atoms with van der Waals surface area (Å²) in [5.74, 6) is 1.53. The number of rotatable bonds is 4. The maximum atomic E-state index is 5.56. The highest BCUT2D eigenvalue weighted by Gasteiger charge is 2.11. The predicted octanol–water partition coefficient (Wildman–Crippen LogP) is 2.99. The molecule has 114 valence electrons. The predicted molar refractivity (Wildman–Crippen MR) is 91.8 cm³/mol. The Morgan fingerprint density at radius 1 is 1.00 bits per heavy atom. The number of hydrogen-bond acceptors (Lipinski definition) is 3. The summed E-state index contributed by atoms with van der Waals surface area (Å²) in [6.07, 6.45) is 0.934. The summed E-state index contributed by atoms with van der Waals surface area (Å²) < 4.78 is 11.1. The zero-order chi connectivity index (χ0) is 15.2. The van der Waals surface area contributed by atoms with E-state index in [9.17, 15) is 0 Å². The van der Waals surface area contributed by atoms with Crippen LogP contribution in [-0.4, -0.2) is 24.9 Å². The molecule has 0 aliphatic carbocycles. The highest BCUT2D eigenvalue weighted by atomic mass is 32.1. The molecule has 0 saturated carbocycles. The second kappa shape index (κ2) is 7.13. The molecule has 0 atom stereocenters. The fourth-order valence-corrected chi connectivity index (χ4v) is 2.48. The lowest BCUT2D eigenvalue weighted by Crippen LogP contribution is -2.30. The van der Waals surface area contributed by atoms with Gasteiger partial charge in [0.1, 0.15) is 13.2 Å². The number of fused-ring (bicyclic) bond motifs is 1. The van der Waals surface area contributed by atoms with Crippen LogP contribution in [0.15, 0.2) is 48.5 Å². The maximum absolute atomic E-state index is 5.56. The van der Waals surface area contributed by atoms with Crippen LogP contribution in [0.3, 0.4) is 0 Å². The van der Waals surface area contributed by atoms with Gasteiger partial charge in [0.05, 0.1) is 0 Å². The molecule has 3 rings (SSSR count). The summed E-state index contributed by atoms with van der Waals surface area (Å²) >= 11 is 5.31. The number of thiocarbonyl (C=S) groups is 1. The molecule has 0 saturated heterocycles. The van der Waals surface area contributed by atoms with Gasteiger partial charge in [-0.15, -0.1) is 0 Å². The SMILES string of the molecule is S=C(NCCc1ccccc1)Nc1ccc2c(c1)OCCO2. The van der Waals surface area contributed by atoms with Gasteiger partial charge in [-0.25, -0.2) is 0 Å². The smallest absolute Gasteiger partial charge is 0.170 e. The number of anilines is 1. The zero-order valence-corrected chi connectivity index (χ0v) is 13.0. The molecule has 1 aliphatic heterocycles. The van der Waals surface area contributed by atoms with Crippen molar-refractivity contribution < 1.29 is 9.47 Å². The van der Waals surface area contributed by atoms with Crippen LogP contribution < -0.4 is 20.1 Å². The monoisotopic (exact) mass is 314 g/mol. The number of ether oxygens (including phenoxy) is 2. The molecule has 0 aromatic heterocycles. The largest absolute Gasteiger partial charge is 0.486 e. The number of benzene rings is 2. The average Bonchev–Trinajstić information content (AvgIpc) is 2.56. The van der Waals surface area contributed by atoms with Crippen molar-refractivity contribution in [2.24, 2.45) is 0 Å². The molecular formula is C17H18N2O2S. The third kappa shape index (κ3) is 3.89. The van der Waals surface area contributed by atoms with Gasteiger partial charge in [-0.05, 0) is 36.3 Å². The van der Waals surface area contributed by atoms with Crippen molar-refractivity contribution >= 4 is 23.0 Å². The van der Waals surface area contributed by atoms with E-state index in [2.05, 4.69) is 22.8 Å².